The molecule has 2 aliphatic carbocycles. The van der Waals surface area contributed by atoms with E-state index in [4.69, 9.17) is 0 Å². The number of benzene rings is 11. The molecule has 0 saturated heterocycles. The summed E-state index contributed by atoms with van der Waals surface area (Å²) in [5.74, 6) is 0.555. The lowest BCUT2D eigenvalue weighted by Crippen LogP contribution is -2.22. The van der Waals surface area contributed by atoms with Gasteiger partial charge in [0.15, 0.2) is 0 Å². The van der Waals surface area contributed by atoms with Crippen LogP contribution in [0.15, 0.2) is 255 Å². The van der Waals surface area contributed by atoms with Crippen molar-refractivity contribution in [3.63, 3.8) is 0 Å². The monoisotopic (exact) mass is 948 g/mol. The quantitative estimate of drug-likeness (QED) is 0.140. The van der Waals surface area contributed by atoms with E-state index in [0.717, 1.165) is 22.7 Å². The summed E-state index contributed by atoms with van der Waals surface area (Å²) < 4.78 is 2.44. The number of fused-ring (bicyclic) bond motifs is 7. The standard InChI is InChI=1S/C72H56N2/c1-72(52-27-7-3-8-28-52)64-40-15-11-34-63(64)70-61(38-22-41-65(70)72)58-32-13-17-43-67(58)73(66-42-16-12-31-57(66)60-37-20-26-51-25-19-35-55(69(51)60)49-23-5-2-6-24-49)54-47-45-50(46-48-54)56-36-21-39-62-59-33-14-18-44-68(59)74(71(56)62)53-29-9-4-10-30-53/h3-4,7-22,25-49H,2,5-6,23-24H2,1H3. The van der Waals surface area contributed by atoms with E-state index in [2.05, 4.69) is 271 Å². The van der Waals surface area contributed by atoms with Crippen molar-refractivity contribution in [3.05, 3.63) is 277 Å². The van der Waals surface area contributed by atoms with Gasteiger partial charge in [-0.3, -0.25) is 0 Å². The van der Waals surface area contributed by atoms with Gasteiger partial charge in [-0.05, 0) is 129 Å². The molecule has 2 aliphatic rings. The number of para-hydroxylation sites is 5. The Morgan fingerprint density at radius 3 is 1.74 bits per heavy atom. The zero-order valence-corrected chi connectivity index (χ0v) is 41.8. The molecule has 74 heavy (non-hydrogen) atoms. The van der Waals surface area contributed by atoms with Gasteiger partial charge in [0.05, 0.1) is 22.4 Å². The zero-order chi connectivity index (χ0) is 49.2. The Morgan fingerprint density at radius 1 is 0.419 bits per heavy atom. The number of anilines is 3. The van der Waals surface area contributed by atoms with Crippen molar-refractivity contribution in [2.45, 2.75) is 50.4 Å². The predicted octanol–water partition coefficient (Wildman–Crippen LogP) is 19.8. The Hall–Kier alpha value is -8.72. The van der Waals surface area contributed by atoms with Crippen LogP contribution in [0.3, 0.4) is 0 Å². The first-order chi connectivity index (χ1) is 36.6. The Labute approximate surface area is 434 Å². The maximum atomic E-state index is 2.55. The number of hydrogen-bond acceptors (Lipinski definition) is 1. The largest absolute Gasteiger partial charge is 0.309 e. The van der Waals surface area contributed by atoms with Gasteiger partial charge in [0.1, 0.15) is 0 Å². The minimum Gasteiger partial charge on any atom is -0.309 e. The molecule has 2 nitrogen and oxygen atoms in total. The molecule has 1 atom stereocenters. The lowest BCUT2D eigenvalue weighted by molar-refractivity contribution is 0.445. The summed E-state index contributed by atoms with van der Waals surface area (Å²) in [6, 6.07) is 95.2. The van der Waals surface area contributed by atoms with Crippen molar-refractivity contribution in [2.24, 2.45) is 0 Å². The van der Waals surface area contributed by atoms with Crippen LogP contribution in [0.2, 0.25) is 0 Å². The van der Waals surface area contributed by atoms with Crippen LogP contribution in [0.25, 0.3) is 82.8 Å². The molecular formula is C72H56N2. The van der Waals surface area contributed by atoms with Gasteiger partial charge in [0.2, 0.25) is 0 Å². The van der Waals surface area contributed by atoms with Crippen LogP contribution in [-0.4, -0.2) is 4.57 Å². The van der Waals surface area contributed by atoms with E-state index in [-0.39, 0.29) is 5.41 Å². The van der Waals surface area contributed by atoms with E-state index in [9.17, 15) is 0 Å². The molecule has 2 heteroatoms. The summed E-state index contributed by atoms with van der Waals surface area (Å²) >= 11 is 0. The molecule has 1 unspecified atom stereocenters. The Morgan fingerprint density at radius 2 is 0.973 bits per heavy atom. The molecule has 0 N–H and O–H groups in total. The lowest BCUT2D eigenvalue weighted by Gasteiger charge is -2.31. The number of hydrogen-bond donors (Lipinski definition) is 0. The highest BCUT2D eigenvalue weighted by atomic mass is 15.1. The van der Waals surface area contributed by atoms with Gasteiger partial charge in [0.25, 0.3) is 0 Å². The maximum absolute atomic E-state index is 2.55. The molecule has 0 amide bonds. The van der Waals surface area contributed by atoms with Crippen molar-refractivity contribution in [1.29, 1.82) is 0 Å². The highest BCUT2D eigenvalue weighted by Gasteiger charge is 2.42. The van der Waals surface area contributed by atoms with Gasteiger partial charge in [-0.15, -0.1) is 0 Å². The summed E-state index contributed by atoms with van der Waals surface area (Å²) in [6.45, 7) is 2.42. The van der Waals surface area contributed by atoms with Crippen LogP contribution < -0.4 is 4.90 Å². The van der Waals surface area contributed by atoms with Crippen molar-refractivity contribution in [3.8, 4) is 50.2 Å². The SMILES string of the molecule is CC1(c2ccccc2)c2ccccc2-c2c(-c3ccccc3N(c3ccc(-c4cccc5c6ccccc6n(-c6ccccc6)c45)cc3)c3ccccc3-c3cccc4cccc(C5CCCCC5)c34)cccc21. The minimum absolute atomic E-state index is 0.320. The second-order valence-corrected chi connectivity index (χ2v) is 20.7. The van der Waals surface area contributed by atoms with Crippen LogP contribution in [0, 0.1) is 0 Å². The van der Waals surface area contributed by atoms with Gasteiger partial charge in [-0.1, -0.05) is 232 Å². The topological polar surface area (TPSA) is 8.17 Å². The Bertz CT molecular complexity index is 4060. The lowest BCUT2D eigenvalue weighted by atomic mass is 9.74. The third-order valence-electron chi connectivity index (χ3n) is 16.7. The van der Waals surface area contributed by atoms with Crippen molar-refractivity contribution in [2.75, 3.05) is 4.90 Å². The fourth-order valence-electron chi connectivity index (χ4n) is 13.3. The first-order valence-corrected chi connectivity index (χ1v) is 26.6. The van der Waals surface area contributed by atoms with Gasteiger partial charge in [-0.25, -0.2) is 0 Å². The first kappa shape index (κ1) is 44.0. The van der Waals surface area contributed by atoms with Crippen LogP contribution >= 0.6 is 0 Å². The molecule has 0 aliphatic heterocycles. The van der Waals surface area contributed by atoms with E-state index >= 15 is 0 Å². The normalized spacial score (nSPS) is 15.4. The molecule has 1 saturated carbocycles. The van der Waals surface area contributed by atoms with Crippen LogP contribution in [0.1, 0.15) is 67.2 Å². The molecule has 1 heterocycles. The molecule has 11 aromatic carbocycles. The molecule has 1 fully saturated rings. The third-order valence-corrected chi connectivity index (χ3v) is 16.7. The summed E-state index contributed by atoms with van der Waals surface area (Å²) in [4.78, 5) is 2.55. The van der Waals surface area contributed by atoms with E-state index < -0.39 is 0 Å². The molecule has 14 rings (SSSR count). The first-order valence-electron chi connectivity index (χ1n) is 26.6. The average molecular weight is 949 g/mol. The third kappa shape index (κ3) is 7.00. The summed E-state index contributed by atoms with van der Waals surface area (Å²) in [6.07, 6.45) is 6.41. The Kier molecular flexibility index (Phi) is 10.8. The summed E-state index contributed by atoms with van der Waals surface area (Å²) in [5.41, 5.74) is 22.0. The molecule has 12 aromatic rings. The van der Waals surface area contributed by atoms with Crippen LogP contribution in [0.5, 0.6) is 0 Å². The van der Waals surface area contributed by atoms with Gasteiger partial charge >= 0.3 is 0 Å². The van der Waals surface area contributed by atoms with E-state index in [1.165, 1.54) is 131 Å². The van der Waals surface area contributed by atoms with Gasteiger partial charge in [0, 0.05) is 44.3 Å². The fourth-order valence-corrected chi connectivity index (χ4v) is 13.3. The summed E-state index contributed by atoms with van der Waals surface area (Å²) in [7, 11) is 0. The van der Waals surface area contributed by atoms with Crippen molar-refractivity contribution >= 4 is 49.6 Å². The maximum Gasteiger partial charge on any atom is 0.0619 e. The highest BCUT2D eigenvalue weighted by Crippen LogP contribution is 2.57. The van der Waals surface area contributed by atoms with Gasteiger partial charge < -0.3 is 9.47 Å². The van der Waals surface area contributed by atoms with E-state index in [1.807, 2.05) is 0 Å². The van der Waals surface area contributed by atoms with E-state index in [0.29, 0.717) is 5.92 Å². The Balaban J connectivity index is 0.998. The number of nitrogens with zero attached hydrogens (tertiary/aromatic N) is 2. The van der Waals surface area contributed by atoms with Crippen molar-refractivity contribution in [1.82, 2.24) is 4.57 Å². The second kappa shape index (κ2) is 18.1. The van der Waals surface area contributed by atoms with Crippen LogP contribution in [0.4, 0.5) is 17.1 Å². The smallest absolute Gasteiger partial charge is 0.0619 e. The van der Waals surface area contributed by atoms with Crippen LogP contribution in [-0.2, 0) is 5.41 Å². The number of rotatable bonds is 9. The molecular weight excluding hydrogens is 893 g/mol. The average Bonchev–Trinajstić information content (AvgIpc) is 3.96. The highest BCUT2D eigenvalue weighted by molar-refractivity contribution is 6.14. The number of aromatic nitrogens is 1. The molecule has 354 valence electrons. The molecule has 1 aromatic heterocycles. The fraction of sp³-hybridized carbons (Fsp3) is 0.111. The second-order valence-electron chi connectivity index (χ2n) is 20.7. The molecule has 0 bridgehead atoms. The zero-order valence-electron chi connectivity index (χ0n) is 41.8. The van der Waals surface area contributed by atoms with Gasteiger partial charge in [-0.2, -0.15) is 0 Å². The minimum atomic E-state index is -0.320. The predicted molar refractivity (Wildman–Crippen MR) is 313 cm³/mol. The molecule has 0 radical (unpaired) electrons. The molecule has 0 spiro atoms. The van der Waals surface area contributed by atoms with E-state index in [1.54, 1.807) is 0 Å². The summed E-state index contributed by atoms with van der Waals surface area (Å²) in [5, 5.41) is 5.19. The van der Waals surface area contributed by atoms with Crippen molar-refractivity contribution < 1.29 is 0 Å².